The van der Waals surface area contributed by atoms with Crippen molar-refractivity contribution in [2.45, 2.75) is 11.6 Å². The van der Waals surface area contributed by atoms with Crippen LogP contribution in [0.3, 0.4) is 0 Å². The fourth-order valence-corrected chi connectivity index (χ4v) is 0. The Kier molecular flexibility index (Phi) is 4.94. The van der Waals surface area contributed by atoms with Gasteiger partial charge in [0.25, 0.3) is 0 Å². The minimum absolute atomic E-state index is 0.360. The van der Waals surface area contributed by atoms with Gasteiger partial charge in [0, 0.05) is 0 Å². The molecule has 0 aromatic heterocycles. The average Bonchev–Trinajstić information content (AvgIpc) is 1.38. The van der Waals surface area contributed by atoms with Crippen LogP contribution in [-0.2, 0) is 24.6 Å². The molecule has 0 aromatic carbocycles. The van der Waals surface area contributed by atoms with Crippen molar-refractivity contribution in [3.8, 4) is 0 Å². The molecule has 0 amide bonds. The SMILES string of the molecule is CC(Cl)[S][Hg]. The van der Waals surface area contributed by atoms with Crippen molar-refractivity contribution in [3.05, 3.63) is 0 Å². The van der Waals surface area contributed by atoms with Crippen LogP contribution in [0.4, 0.5) is 0 Å². The number of hydrogen-bond acceptors (Lipinski definition) is 1. The van der Waals surface area contributed by atoms with Crippen LogP contribution in [0.15, 0.2) is 0 Å². The first-order valence-electron chi connectivity index (χ1n) is 1.32. The Hall–Kier alpha value is 1.58. The van der Waals surface area contributed by atoms with Gasteiger partial charge in [0.15, 0.2) is 0 Å². The molecule has 1 atom stereocenters. The third-order valence-corrected chi connectivity index (χ3v) is 9.36. The van der Waals surface area contributed by atoms with Gasteiger partial charge in [-0.05, 0) is 0 Å². The van der Waals surface area contributed by atoms with E-state index in [0.29, 0.717) is 4.71 Å². The van der Waals surface area contributed by atoms with Crippen molar-refractivity contribution in [2.75, 3.05) is 0 Å². The van der Waals surface area contributed by atoms with E-state index in [9.17, 15) is 0 Å². The zero-order chi connectivity index (χ0) is 4.28. The molecule has 0 aliphatic rings. The van der Waals surface area contributed by atoms with Crippen molar-refractivity contribution in [2.24, 2.45) is 0 Å². The molecule has 0 bridgehead atoms. The van der Waals surface area contributed by atoms with E-state index in [1.165, 1.54) is 0 Å². The van der Waals surface area contributed by atoms with Crippen LogP contribution in [0, 0.1) is 0 Å². The number of rotatable bonds is 1. The topological polar surface area (TPSA) is 0 Å². The normalized spacial score (nSPS) is 15.2. The second kappa shape index (κ2) is 3.75. The quantitative estimate of drug-likeness (QED) is 0.525. The first-order chi connectivity index (χ1) is 2.27. The van der Waals surface area contributed by atoms with Gasteiger partial charge in [0.05, 0.1) is 0 Å². The molecule has 0 saturated heterocycles. The third kappa shape index (κ3) is 5.58. The summed E-state index contributed by atoms with van der Waals surface area (Å²) in [6, 6.07) is 0. The van der Waals surface area contributed by atoms with Gasteiger partial charge in [0.2, 0.25) is 0 Å². The molecular formula is C2H4ClHgS. The fraction of sp³-hybridized carbons (Fsp3) is 1.00. The van der Waals surface area contributed by atoms with Crippen molar-refractivity contribution >= 4 is 19.8 Å². The maximum absolute atomic E-state index is 5.47. The molecule has 27 valence electrons. The molecule has 0 nitrogen and oxygen atoms in total. The molecule has 0 fully saturated rings. The second-order valence-electron chi connectivity index (χ2n) is 0.710. The van der Waals surface area contributed by atoms with E-state index in [1.54, 1.807) is 0 Å². The molecule has 0 rings (SSSR count). The molecule has 0 radical (unpaired) electrons. The first kappa shape index (κ1) is 6.58. The molecule has 1 unspecified atom stereocenters. The maximum atomic E-state index is 5.47. The molecule has 0 N–H and O–H groups in total. The fourth-order valence-electron chi connectivity index (χ4n) is 0. The molecule has 3 heteroatoms. The number of hydrogen-bond donors (Lipinski definition) is 0. The molecule has 5 heavy (non-hydrogen) atoms. The van der Waals surface area contributed by atoms with E-state index >= 15 is 0 Å². The summed E-state index contributed by atoms with van der Waals surface area (Å²) >= 11 is 6.30. The van der Waals surface area contributed by atoms with Gasteiger partial charge in [-0.15, -0.1) is 0 Å². The molecule has 0 spiro atoms. The van der Waals surface area contributed by atoms with Gasteiger partial charge in [-0.2, -0.15) is 0 Å². The minimum atomic E-state index is 0.360. The Morgan fingerprint density at radius 1 is 2.00 bits per heavy atom. The average molecular weight is 296 g/mol. The monoisotopic (exact) mass is 297 g/mol. The van der Waals surface area contributed by atoms with Gasteiger partial charge in [-0.25, -0.2) is 0 Å². The Labute approximate surface area is 55.7 Å². The summed E-state index contributed by atoms with van der Waals surface area (Å²) in [5, 5.41) is 0. The van der Waals surface area contributed by atoms with Gasteiger partial charge in [-0.3, -0.25) is 0 Å². The van der Waals surface area contributed by atoms with E-state index in [2.05, 4.69) is 0 Å². The number of halogens is 1. The van der Waals surface area contributed by atoms with E-state index in [0.717, 1.165) is 24.6 Å². The standard InChI is InChI=1S/C2H5ClS.Hg/c1-2(3)4;/h2,4H,1H3;/q;+1/p-1. The zero-order valence-electron chi connectivity index (χ0n) is 3.07. The predicted molar refractivity (Wildman–Crippen MR) is 22.9 cm³/mol. The van der Waals surface area contributed by atoms with Crippen LogP contribution in [0.1, 0.15) is 6.92 Å². The Morgan fingerprint density at radius 3 is 2.20 bits per heavy atom. The summed E-state index contributed by atoms with van der Waals surface area (Å²) in [4.78, 5) is 0. The summed E-state index contributed by atoms with van der Waals surface area (Å²) in [5.41, 5.74) is 0. The predicted octanol–water partition coefficient (Wildman–Crippen LogP) is 1.77. The third-order valence-electron chi connectivity index (χ3n) is 0.230. The van der Waals surface area contributed by atoms with E-state index < -0.39 is 0 Å². The summed E-state index contributed by atoms with van der Waals surface area (Å²) in [6.45, 7) is 2.00. The molecule has 0 aliphatic carbocycles. The summed E-state index contributed by atoms with van der Waals surface area (Å²) in [5.74, 6) is 0. The van der Waals surface area contributed by atoms with Crippen LogP contribution in [0.25, 0.3) is 0 Å². The van der Waals surface area contributed by atoms with Gasteiger partial charge >= 0.3 is 56.1 Å². The van der Waals surface area contributed by atoms with Crippen LogP contribution >= 0.6 is 19.8 Å². The summed E-state index contributed by atoms with van der Waals surface area (Å²) in [6.07, 6.45) is 0. The Morgan fingerprint density at radius 2 is 2.20 bits per heavy atom. The van der Waals surface area contributed by atoms with Crippen molar-refractivity contribution in [3.63, 3.8) is 0 Å². The van der Waals surface area contributed by atoms with Crippen LogP contribution in [0.2, 0.25) is 0 Å². The van der Waals surface area contributed by atoms with Crippen LogP contribution in [0.5, 0.6) is 0 Å². The zero-order valence-corrected chi connectivity index (χ0v) is 10.1. The molecule has 0 aliphatic heterocycles. The summed E-state index contributed by atoms with van der Waals surface area (Å²) < 4.78 is 0.360. The van der Waals surface area contributed by atoms with Crippen molar-refractivity contribution in [1.82, 2.24) is 0 Å². The van der Waals surface area contributed by atoms with E-state index in [1.807, 2.05) is 15.2 Å². The van der Waals surface area contributed by atoms with E-state index in [-0.39, 0.29) is 0 Å². The van der Waals surface area contributed by atoms with Crippen LogP contribution < -0.4 is 0 Å². The van der Waals surface area contributed by atoms with Gasteiger partial charge < -0.3 is 0 Å². The molecule has 0 aromatic rings. The van der Waals surface area contributed by atoms with E-state index in [4.69, 9.17) is 11.6 Å². The van der Waals surface area contributed by atoms with Crippen LogP contribution in [-0.4, -0.2) is 4.71 Å². The second-order valence-corrected chi connectivity index (χ2v) is 6.55. The molecular weight excluding hydrogens is 292 g/mol. The van der Waals surface area contributed by atoms with Crippen molar-refractivity contribution in [1.29, 1.82) is 0 Å². The van der Waals surface area contributed by atoms with Crippen molar-refractivity contribution < 1.29 is 24.6 Å². The number of alkyl halides is 1. The van der Waals surface area contributed by atoms with Gasteiger partial charge in [0.1, 0.15) is 0 Å². The first-order valence-corrected chi connectivity index (χ1v) is 9.54. The van der Waals surface area contributed by atoms with Gasteiger partial charge in [-0.1, -0.05) is 0 Å². The Bertz CT molecular complexity index is 23.6. The molecule has 0 heterocycles. The Balaban J connectivity index is 2.54. The summed E-state index contributed by atoms with van der Waals surface area (Å²) in [7, 11) is 1.84. The molecule has 0 saturated carbocycles.